The van der Waals surface area contributed by atoms with Gasteiger partial charge in [0.25, 0.3) is 0 Å². The zero-order valence-corrected chi connectivity index (χ0v) is 8.62. The van der Waals surface area contributed by atoms with Crippen LogP contribution in [0.2, 0.25) is 0 Å². The lowest BCUT2D eigenvalue weighted by Crippen LogP contribution is -2.18. The lowest BCUT2D eigenvalue weighted by atomic mass is 10.2. The molecule has 0 saturated heterocycles. The minimum atomic E-state index is -5.10. The first kappa shape index (κ1) is 13.3. The van der Waals surface area contributed by atoms with E-state index in [1.807, 2.05) is 0 Å². The molecule has 94 valence electrons. The van der Waals surface area contributed by atoms with Crippen LogP contribution >= 0.6 is 11.6 Å². The van der Waals surface area contributed by atoms with Gasteiger partial charge < -0.3 is 20.0 Å². The third kappa shape index (κ3) is 3.09. The maximum Gasteiger partial charge on any atom is 0.573 e. The van der Waals surface area contributed by atoms with E-state index in [0.29, 0.717) is 6.20 Å². The molecular weight excluding hydrogens is 269 g/mol. The molecule has 1 heterocycles. The van der Waals surface area contributed by atoms with Crippen molar-refractivity contribution in [1.82, 2.24) is 4.98 Å². The monoisotopic (exact) mass is 272 g/mol. The smallest absolute Gasteiger partial charge is 0.502 e. The molecule has 0 saturated carbocycles. The van der Waals surface area contributed by atoms with Crippen LogP contribution in [0.15, 0.2) is 6.20 Å². The van der Waals surface area contributed by atoms with Crippen molar-refractivity contribution in [2.45, 2.75) is 12.2 Å². The first-order chi connectivity index (χ1) is 7.76. The van der Waals surface area contributed by atoms with Gasteiger partial charge in [0.2, 0.25) is 5.75 Å². The number of aromatic nitrogens is 1. The van der Waals surface area contributed by atoms with Crippen molar-refractivity contribution >= 4 is 17.4 Å². The van der Waals surface area contributed by atoms with E-state index in [1.54, 1.807) is 0 Å². The Morgan fingerprint density at radius 2 is 2.18 bits per heavy atom. The van der Waals surface area contributed by atoms with Crippen LogP contribution < -0.4 is 4.74 Å². The van der Waals surface area contributed by atoms with Crippen LogP contribution in [0, 0.1) is 10.1 Å². The van der Waals surface area contributed by atoms with E-state index in [1.165, 1.54) is 0 Å². The second kappa shape index (κ2) is 4.62. The predicted octanol–water partition coefficient (Wildman–Crippen LogP) is 2.33. The van der Waals surface area contributed by atoms with Gasteiger partial charge in [0, 0.05) is 0 Å². The van der Waals surface area contributed by atoms with Crippen molar-refractivity contribution in [2.24, 2.45) is 0 Å². The molecule has 6 nitrogen and oxygen atoms in total. The standard InChI is InChI=1S/C7H4ClF3N2O4/c8-1-3-5(17-7(9,10)11)4(14)2-12-6(3)13(15)16/h2,14H,1H2. The summed E-state index contributed by atoms with van der Waals surface area (Å²) in [4.78, 5) is 12.6. The van der Waals surface area contributed by atoms with E-state index in [4.69, 9.17) is 16.7 Å². The van der Waals surface area contributed by atoms with Crippen LogP contribution in [-0.2, 0) is 5.88 Å². The van der Waals surface area contributed by atoms with Gasteiger partial charge in [-0.25, -0.2) is 0 Å². The summed E-state index contributed by atoms with van der Waals surface area (Å²) in [6.45, 7) is 0. The Hall–Kier alpha value is -1.77. The van der Waals surface area contributed by atoms with Crippen LogP contribution in [0.3, 0.4) is 0 Å². The highest BCUT2D eigenvalue weighted by Gasteiger charge is 2.36. The zero-order valence-electron chi connectivity index (χ0n) is 7.86. The number of hydrogen-bond acceptors (Lipinski definition) is 5. The molecule has 1 rings (SSSR count). The fourth-order valence-electron chi connectivity index (χ4n) is 1.02. The van der Waals surface area contributed by atoms with E-state index in [0.717, 1.165) is 0 Å². The van der Waals surface area contributed by atoms with Crippen molar-refractivity contribution in [3.05, 3.63) is 21.9 Å². The van der Waals surface area contributed by atoms with Gasteiger partial charge in [-0.2, -0.15) is 0 Å². The fraction of sp³-hybridized carbons (Fsp3) is 0.286. The molecule has 1 aromatic heterocycles. The third-order valence-electron chi connectivity index (χ3n) is 1.61. The molecule has 1 aromatic rings. The highest BCUT2D eigenvalue weighted by atomic mass is 35.5. The number of hydrogen-bond donors (Lipinski definition) is 1. The molecule has 0 aliphatic heterocycles. The van der Waals surface area contributed by atoms with Gasteiger partial charge in [-0.3, -0.25) is 0 Å². The van der Waals surface area contributed by atoms with Gasteiger partial charge in [-0.1, -0.05) is 0 Å². The van der Waals surface area contributed by atoms with Crippen LogP contribution in [0.5, 0.6) is 11.5 Å². The van der Waals surface area contributed by atoms with Gasteiger partial charge in [0.15, 0.2) is 11.9 Å². The molecule has 0 bridgehead atoms. The first-order valence-electron chi connectivity index (χ1n) is 3.93. The number of nitrogens with zero attached hydrogens (tertiary/aromatic N) is 2. The summed E-state index contributed by atoms with van der Waals surface area (Å²) in [6, 6.07) is 0. The van der Waals surface area contributed by atoms with Crippen molar-refractivity contribution in [3.8, 4) is 11.5 Å². The Labute approximate surface area is 96.7 Å². The Bertz CT molecular complexity index is 451. The lowest BCUT2D eigenvalue weighted by Gasteiger charge is -2.12. The fourth-order valence-corrected chi connectivity index (χ4v) is 1.26. The Kier molecular flexibility index (Phi) is 3.61. The normalized spacial score (nSPS) is 11.3. The largest absolute Gasteiger partial charge is 0.573 e. The SMILES string of the molecule is O=[N+]([O-])c1ncc(O)c(OC(F)(F)F)c1CCl. The van der Waals surface area contributed by atoms with E-state index < -0.39 is 40.0 Å². The summed E-state index contributed by atoms with van der Waals surface area (Å²) in [7, 11) is 0. The molecule has 0 amide bonds. The van der Waals surface area contributed by atoms with Crippen molar-refractivity contribution in [3.63, 3.8) is 0 Å². The average Bonchev–Trinajstić information content (AvgIpc) is 2.18. The second-order valence-electron chi connectivity index (χ2n) is 2.71. The van der Waals surface area contributed by atoms with Crippen LogP contribution in [0.25, 0.3) is 0 Å². The molecule has 0 aliphatic rings. The Balaban J connectivity index is 3.35. The van der Waals surface area contributed by atoms with Crippen molar-refractivity contribution < 1.29 is 27.9 Å². The van der Waals surface area contributed by atoms with Gasteiger partial charge in [-0.05, 0) is 9.91 Å². The highest BCUT2D eigenvalue weighted by Crippen LogP contribution is 2.38. The van der Waals surface area contributed by atoms with Gasteiger partial charge in [-0.15, -0.1) is 24.8 Å². The molecular formula is C7H4ClF3N2O4. The number of aromatic hydroxyl groups is 1. The number of pyridine rings is 1. The summed E-state index contributed by atoms with van der Waals surface area (Å²) >= 11 is 5.28. The van der Waals surface area contributed by atoms with E-state index >= 15 is 0 Å². The van der Waals surface area contributed by atoms with E-state index in [9.17, 15) is 23.3 Å². The molecule has 10 heteroatoms. The van der Waals surface area contributed by atoms with E-state index in [2.05, 4.69) is 9.72 Å². The average molecular weight is 273 g/mol. The molecule has 0 aliphatic carbocycles. The third-order valence-corrected chi connectivity index (χ3v) is 1.88. The quantitative estimate of drug-likeness (QED) is 0.518. The minimum absolute atomic E-state index is 0.481. The summed E-state index contributed by atoms with van der Waals surface area (Å²) < 4.78 is 39.5. The second-order valence-corrected chi connectivity index (χ2v) is 2.98. The molecule has 0 radical (unpaired) electrons. The number of alkyl halides is 4. The zero-order chi connectivity index (χ0) is 13.2. The number of halogens is 4. The summed E-state index contributed by atoms with van der Waals surface area (Å²) in [5.41, 5.74) is -0.644. The first-order valence-corrected chi connectivity index (χ1v) is 4.46. The van der Waals surface area contributed by atoms with Crippen molar-refractivity contribution in [1.29, 1.82) is 0 Å². The molecule has 0 fully saturated rings. The summed E-state index contributed by atoms with van der Waals surface area (Å²) in [6.07, 6.45) is -4.62. The molecule has 0 unspecified atom stereocenters. The molecule has 0 aromatic carbocycles. The molecule has 0 spiro atoms. The molecule has 0 atom stereocenters. The summed E-state index contributed by atoms with van der Waals surface area (Å²) in [5.74, 6) is -3.67. The topological polar surface area (TPSA) is 85.5 Å². The number of rotatable bonds is 3. The minimum Gasteiger partial charge on any atom is -0.502 e. The maximum absolute atomic E-state index is 12.0. The predicted molar refractivity (Wildman–Crippen MR) is 48.8 cm³/mol. The Morgan fingerprint density at radius 3 is 2.59 bits per heavy atom. The lowest BCUT2D eigenvalue weighted by molar-refractivity contribution is -0.390. The van der Waals surface area contributed by atoms with Crippen molar-refractivity contribution in [2.75, 3.05) is 0 Å². The number of nitro groups is 1. The molecule has 1 N–H and O–H groups in total. The van der Waals surface area contributed by atoms with Gasteiger partial charge >= 0.3 is 12.2 Å². The molecule has 17 heavy (non-hydrogen) atoms. The maximum atomic E-state index is 12.0. The van der Waals surface area contributed by atoms with Gasteiger partial charge in [0.05, 0.1) is 5.88 Å². The Morgan fingerprint density at radius 1 is 1.59 bits per heavy atom. The van der Waals surface area contributed by atoms with E-state index in [-0.39, 0.29) is 0 Å². The van der Waals surface area contributed by atoms with Crippen LogP contribution in [0.4, 0.5) is 19.0 Å². The number of ether oxygens (including phenoxy) is 1. The highest BCUT2D eigenvalue weighted by molar-refractivity contribution is 6.17. The van der Waals surface area contributed by atoms with Crippen LogP contribution in [-0.4, -0.2) is 21.4 Å². The summed E-state index contributed by atoms with van der Waals surface area (Å²) in [5, 5.41) is 19.6. The van der Waals surface area contributed by atoms with Gasteiger partial charge in [0.1, 0.15) is 5.56 Å². The van der Waals surface area contributed by atoms with Crippen LogP contribution in [0.1, 0.15) is 5.56 Å².